The molecule has 76 valence electrons. The Kier molecular flexibility index (Phi) is 3.35. The quantitative estimate of drug-likeness (QED) is 0.817. The molecule has 14 heavy (non-hydrogen) atoms. The molecule has 0 unspecified atom stereocenters. The van der Waals surface area contributed by atoms with Crippen molar-refractivity contribution < 1.29 is 0 Å². The summed E-state index contributed by atoms with van der Waals surface area (Å²) in [6.07, 6.45) is 2.42. The van der Waals surface area contributed by atoms with Gasteiger partial charge in [-0.25, -0.2) is 0 Å². The van der Waals surface area contributed by atoms with Crippen LogP contribution < -0.4 is 5.32 Å². The molecule has 1 aromatic rings. The molecule has 1 heterocycles. The summed E-state index contributed by atoms with van der Waals surface area (Å²) in [5, 5.41) is 3.64. The summed E-state index contributed by atoms with van der Waals surface area (Å²) in [5.41, 5.74) is 2.77. The van der Waals surface area contributed by atoms with Crippen LogP contribution in [0.1, 0.15) is 18.9 Å². The van der Waals surface area contributed by atoms with Crippen LogP contribution in [0, 0.1) is 0 Å². The molecule has 2 heteroatoms. The largest absolute Gasteiger partial charge is 0.381 e. The number of hydrogen-bond donors (Lipinski definition) is 1. The van der Waals surface area contributed by atoms with E-state index in [0.29, 0.717) is 6.04 Å². The van der Waals surface area contributed by atoms with Crippen molar-refractivity contribution in [3.05, 3.63) is 29.8 Å². The molecule has 1 aliphatic rings. The summed E-state index contributed by atoms with van der Waals surface area (Å²) < 4.78 is 0. The van der Waals surface area contributed by atoms with Gasteiger partial charge in [0.05, 0.1) is 0 Å². The average Bonchev–Trinajstić information content (AvgIpc) is 2.71. The number of anilines is 1. The van der Waals surface area contributed by atoms with E-state index in [1.165, 1.54) is 29.2 Å². The second kappa shape index (κ2) is 4.74. The van der Waals surface area contributed by atoms with Gasteiger partial charge in [0.2, 0.25) is 0 Å². The number of nitrogens with one attached hydrogen (secondary N) is 1. The van der Waals surface area contributed by atoms with Crippen molar-refractivity contribution in [2.75, 3.05) is 16.8 Å². The van der Waals surface area contributed by atoms with Gasteiger partial charge in [-0.2, -0.15) is 11.8 Å². The number of aryl methyl sites for hydroxylation is 1. The molecule has 1 fully saturated rings. The van der Waals surface area contributed by atoms with E-state index in [1.54, 1.807) is 0 Å². The summed E-state index contributed by atoms with van der Waals surface area (Å²) in [7, 11) is 0. The van der Waals surface area contributed by atoms with Gasteiger partial charge in [0, 0.05) is 17.5 Å². The molecule has 0 amide bonds. The second-order valence-corrected chi connectivity index (χ2v) is 4.87. The van der Waals surface area contributed by atoms with Crippen molar-refractivity contribution in [1.82, 2.24) is 0 Å². The first-order valence-corrected chi connectivity index (χ1v) is 6.48. The van der Waals surface area contributed by atoms with E-state index in [-0.39, 0.29) is 0 Å². The Morgan fingerprint density at radius 3 is 3.00 bits per heavy atom. The highest BCUT2D eigenvalue weighted by molar-refractivity contribution is 7.99. The fourth-order valence-corrected chi connectivity index (χ4v) is 2.99. The number of hydrogen-bond acceptors (Lipinski definition) is 2. The average molecular weight is 207 g/mol. The van der Waals surface area contributed by atoms with Gasteiger partial charge in [0.15, 0.2) is 0 Å². The number of benzene rings is 1. The molecule has 2 rings (SSSR count). The van der Waals surface area contributed by atoms with Gasteiger partial charge in [-0.1, -0.05) is 25.1 Å². The van der Waals surface area contributed by atoms with Crippen LogP contribution in [0.2, 0.25) is 0 Å². The van der Waals surface area contributed by atoms with E-state index in [0.717, 1.165) is 6.42 Å². The van der Waals surface area contributed by atoms with Crippen LogP contribution in [-0.4, -0.2) is 17.5 Å². The minimum atomic E-state index is 0.688. The lowest BCUT2D eigenvalue weighted by molar-refractivity contribution is 0.810. The van der Waals surface area contributed by atoms with Crippen molar-refractivity contribution in [3.63, 3.8) is 0 Å². The van der Waals surface area contributed by atoms with Gasteiger partial charge in [-0.05, 0) is 30.2 Å². The Morgan fingerprint density at radius 1 is 1.43 bits per heavy atom. The molecule has 0 saturated carbocycles. The van der Waals surface area contributed by atoms with Gasteiger partial charge in [-0.15, -0.1) is 0 Å². The lowest BCUT2D eigenvalue weighted by atomic mass is 10.1. The molecule has 1 saturated heterocycles. The molecule has 1 aliphatic heterocycles. The highest BCUT2D eigenvalue weighted by atomic mass is 32.2. The molecule has 0 aromatic heterocycles. The fraction of sp³-hybridized carbons (Fsp3) is 0.500. The van der Waals surface area contributed by atoms with Crippen molar-refractivity contribution in [1.29, 1.82) is 0 Å². The van der Waals surface area contributed by atoms with Crippen LogP contribution in [-0.2, 0) is 6.42 Å². The third kappa shape index (κ3) is 2.24. The number of rotatable bonds is 3. The highest BCUT2D eigenvalue weighted by Gasteiger charge is 2.15. The topological polar surface area (TPSA) is 12.0 Å². The van der Waals surface area contributed by atoms with Crippen LogP contribution in [0.25, 0.3) is 0 Å². The smallest absolute Gasteiger partial charge is 0.0375 e. The third-order valence-electron chi connectivity index (χ3n) is 2.69. The van der Waals surface area contributed by atoms with E-state index >= 15 is 0 Å². The zero-order valence-electron chi connectivity index (χ0n) is 8.62. The van der Waals surface area contributed by atoms with Crippen LogP contribution in [0.4, 0.5) is 5.69 Å². The summed E-state index contributed by atoms with van der Waals surface area (Å²) in [5.74, 6) is 2.57. The minimum Gasteiger partial charge on any atom is -0.381 e. The van der Waals surface area contributed by atoms with E-state index in [4.69, 9.17) is 0 Å². The van der Waals surface area contributed by atoms with Crippen LogP contribution in [0.5, 0.6) is 0 Å². The first-order chi connectivity index (χ1) is 6.90. The van der Waals surface area contributed by atoms with Gasteiger partial charge >= 0.3 is 0 Å². The Hall–Kier alpha value is -0.630. The molecule has 1 aromatic carbocycles. The monoisotopic (exact) mass is 207 g/mol. The van der Waals surface area contributed by atoms with Crippen molar-refractivity contribution in [2.45, 2.75) is 25.8 Å². The van der Waals surface area contributed by atoms with E-state index in [2.05, 4.69) is 48.3 Å². The predicted octanol–water partition coefficient (Wildman–Crippen LogP) is 3.17. The first-order valence-electron chi connectivity index (χ1n) is 5.32. The Labute approximate surface area is 90.3 Å². The summed E-state index contributed by atoms with van der Waals surface area (Å²) in [6, 6.07) is 9.33. The normalized spacial score (nSPS) is 21.1. The SMILES string of the molecule is CCc1ccccc1N[C@@H]1CCSC1. The van der Waals surface area contributed by atoms with Gasteiger partial charge in [0.1, 0.15) is 0 Å². The zero-order chi connectivity index (χ0) is 9.80. The van der Waals surface area contributed by atoms with Crippen molar-refractivity contribution in [3.8, 4) is 0 Å². The van der Waals surface area contributed by atoms with Gasteiger partial charge < -0.3 is 5.32 Å². The van der Waals surface area contributed by atoms with Crippen molar-refractivity contribution in [2.24, 2.45) is 0 Å². The Morgan fingerprint density at radius 2 is 2.29 bits per heavy atom. The summed E-state index contributed by atoms with van der Waals surface area (Å²) >= 11 is 2.05. The fourth-order valence-electron chi connectivity index (χ4n) is 1.84. The number of para-hydroxylation sites is 1. The Balaban J connectivity index is 2.07. The van der Waals surface area contributed by atoms with E-state index in [1.807, 2.05) is 0 Å². The van der Waals surface area contributed by atoms with Gasteiger partial charge in [0.25, 0.3) is 0 Å². The molecule has 1 atom stereocenters. The van der Waals surface area contributed by atoms with E-state index in [9.17, 15) is 0 Å². The molecular weight excluding hydrogens is 190 g/mol. The number of thioether (sulfide) groups is 1. The third-order valence-corrected chi connectivity index (χ3v) is 3.85. The maximum absolute atomic E-state index is 3.64. The lowest BCUT2D eigenvalue weighted by Crippen LogP contribution is -2.18. The summed E-state index contributed by atoms with van der Waals surface area (Å²) in [6.45, 7) is 2.21. The molecule has 0 radical (unpaired) electrons. The lowest BCUT2D eigenvalue weighted by Gasteiger charge is -2.15. The molecule has 0 spiro atoms. The van der Waals surface area contributed by atoms with Crippen LogP contribution in [0.3, 0.4) is 0 Å². The Bertz CT molecular complexity index is 292. The molecule has 1 N–H and O–H groups in total. The van der Waals surface area contributed by atoms with Gasteiger partial charge in [-0.3, -0.25) is 0 Å². The molecular formula is C12H17NS. The highest BCUT2D eigenvalue weighted by Crippen LogP contribution is 2.23. The van der Waals surface area contributed by atoms with Crippen LogP contribution in [0.15, 0.2) is 24.3 Å². The maximum Gasteiger partial charge on any atom is 0.0375 e. The van der Waals surface area contributed by atoms with Crippen molar-refractivity contribution >= 4 is 17.4 Å². The van der Waals surface area contributed by atoms with Crippen LogP contribution >= 0.6 is 11.8 Å². The molecule has 0 aliphatic carbocycles. The predicted molar refractivity (Wildman–Crippen MR) is 65.2 cm³/mol. The standard InChI is InChI=1S/C12H17NS/c1-2-10-5-3-4-6-12(10)13-11-7-8-14-9-11/h3-6,11,13H,2,7-9H2,1H3/t11-/m1/s1. The minimum absolute atomic E-state index is 0.688. The second-order valence-electron chi connectivity index (χ2n) is 3.72. The molecule has 0 bridgehead atoms. The zero-order valence-corrected chi connectivity index (χ0v) is 9.44. The maximum atomic E-state index is 3.64. The van der Waals surface area contributed by atoms with E-state index < -0.39 is 0 Å². The summed E-state index contributed by atoms with van der Waals surface area (Å²) in [4.78, 5) is 0. The molecule has 1 nitrogen and oxygen atoms in total. The first kappa shape index (κ1) is 9.91.